The topological polar surface area (TPSA) is 75.4 Å². The molecule has 5 nitrogen and oxygen atoms in total. The van der Waals surface area contributed by atoms with Gasteiger partial charge in [0.15, 0.2) is 0 Å². The maximum atomic E-state index is 12.3. The molecule has 1 saturated carbocycles. The Morgan fingerprint density at radius 3 is 2.50 bits per heavy atom. The Labute approximate surface area is 122 Å². The van der Waals surface area contributed by atoms with Crippen LogP contribution in [-0.4, -0.2) is 42.4 Å². The number of hydrogen-bond acceptors (Lipinski definition) is 3. The largest absolute Gasteiger partial charge is 0.344 e. The average molecular weight is 283 g/mol. The molecule has 3 unspecified atom stereocenters. The molecule has 1 aliphatic rings. The van der Waals surface area contributed by atoms with Crippen molar-refractivity contribution < 1.29 is 9.59 Å². The normalized spacial score (nSPS) is 24.0. The fraction of sp³-hybridized carbons (Fsp3) is 0.867. The fourth-order valence-corrected chi connectivity index (χ4v) is 2.95. The van der Waals surface area contributed by atoms with Crippen molar-refractivity contribution in [2.45, 2.75) is 52.5 Å². The van der Waals surface area contributed by atoms with Crippen LogP contribution in [0.1, 0.15) is 46.5 Å². The molecule has 3 atom stereocenters. The highest BCUT2D eigenvalue weighted by Gasteiger charge is 2.29. The summed E-state index contributed by atoms with van der Waals surface area (Å²) < 4.78 is 0. The van der Waals surface area contributed by atoms with E-state index in [0.29, 0.717) is 25.6 Å². The van der Waals surface area contributed by atoms with Gasteiger partial charge < -0.3 is 16.0 Å². The molecule has 0 bridgehead atoms. The van der Waals surface area contributed by atoms with E-state index in [2.05, 4.69) is 5.32 Å². The van der Waals surface area contributed by atoms with Crippen LogP contribution < -0.4 is 11.1 Å². The summed E-state index contributed by atoms with van der Waals surface area (Å²) in [5.41, 5.74) is 5.70. The lowest BCUT2D eigenvalue weighted by atomic mass is 9.81. The number of amides is 2. The number of carbonyl (C=O) groups is 2. The Morgan fingerprint density at radius 1 is 1.30 bits per heavy atom. The molecule has 1 fully saturated rings. The number of hydrogen-bond donors (Lipinski definition) is 2. The lowest BCUT2D eigenvalue weighted by Gasteiger charge is -2.29. The minimum Gasteiger partial charge on any atom is -0.344 e. The Bertz CT molecular complexity index is 329. The molecule has 20 heavy (non-hydrogen) atoms. The van der Waals surface area contributed by atoms with Crippen molar-refractivity contribution in [3.63, 3.8) is 0 Å². The maximum absolute atomic E-state index is 12.3. The second-order valence-electron chi connectivity index (χ2n) is 5.71. The van der Waals surface area contributed by atoms with Crippen molar-refractivity contribution in [1.82, 2.24) is 10.2 Å². The number of nitrogens with two attached hydrogens (primary N) is 1. The van der Waals surface area contributed by atoms with Crippen LogP contribution in [0.15, 0.2) is 0 Å². The van der Waals surface area contributed by atoms with Crippen LogP contribution in [0, 0.1) is 11.8 Å². The van der Waals surface area contributed by atoms with Crippen molar-refractivity contribution >= 4 is 11.8 Å². The van der Waals surface area contributed by atoms with Gasteiger partial charge >= 0.3 is 0 Å². The monoisotopic (exact) mass is 283 g/mol. The first-order valence-corrected chi connectivity index (χ1v) is 7.82. The molecule has 0 radical (unpaired) electrons. The lowest BCUT2D eigenvalue weighted by molar-refractivity contribution is -0.137. The fourth-order valence-electron chi connectivity index (χ4n) is 2.95. The Hall–Kier alpha value is -1.10. The highest BCUT2D eigenvalue weighted by atomic mass is 16.2. The first kappa shape index (κ1) is 17.0. The summed E-state index contributed by atoms with van der Waals surface area (Å²) in [4.78, 5) is 26.1. The molecule has 0 heterocycles. The van der Waals surface area contributed by atoms with Gasteiger partial charge in [-0.3, -0.25) is 9.59 Å². The smallest absolute Gasteiger partial charge is 0.244 e. The molecule has 5 heteroatoms. The summed E-state index contributed by atoms with van der Waals surface area (Å²) >= 11 is 0. The highest BCUT2D eigenvalue weighted by Crippen LogP contribution is 2.28. The second kappa shape index (κ2) is 8.25. The van der Waals surface area contributed by atoms with Gasteiger partial charge in [-0.25, -0.2) is 0 Å². The Kier molecular flexibility index (Phi) is 6.99. The summed E-state index contributed by atoms with van der Waals surface area (Å²) in [7, 11) is 0. The van der Waals surface area contributed by atoms with Crippen LogP contribution in [0.4, 0.5) is 0 Å². The summed E-state index contributed by atoms with van der Waals surface area (Å²) in [6, 6.07) is -0.444. The van der Waals surface area contributed by atoms with Gasteiger partial charge in [0.2, 0.25) is 11.8 Å². The van der Waals surface area contributed by atoms with Gasteiger partial charge in [0.1, 0.15) is 6.04 Å². The van der Waals surface area contributed by atoms with Crippen LogP contribution in [0.25, 0.3) is 0 Å². The number of nitrogens with zero attached hydrogens (tertiary/aromatic N) is 1. The maximum Gasteiger partial charge on any atom is 0.244 e. The number of carbonyl (C=O) groups excluding carboxylic acids is 2. The molecule has 0 saturated heterocycles. The molecule has 2 amide bonds. The summed E-state index contributed by atoms with van der Waals surface area (Å²) in [5, 5.41) is 2.87. The zero-order valence-corrected chi connectivity index (χ0v) is 13.0. The second-order valence-corrected chi connectivity index (χ2v) is 5.71. The van der Waals surface area contributed by atoms with E-state index >= 15 is 0 Å². The SMILES string of the molecule is CCN(CC)C(=O)C(C)NC(=O)C1CCCC(CN)C1. The van der Waals surface area contributed by atoms with Gasteiger partial charge in [-0.15, -0.1) is 0 Å². The third kappa shape index (κ3) is 4.47. The predicted octanol–water partition coefficient (Wildman–Crippen LogP) is 1.12. The van der Waals surface area contributed by atoms with Gasteiger partial charge in [-0.2, -0.15) is 0 Å². The molecule has 0 aliphatic heterocycles. The zero-order chi connectivity index (χ0) is 15.1. The van der Waals surface area contributed by atoms with Gasteiger partial charge in [-0.1, -0.05) is 6.42 Å². The Balaban J connectivity index is 2.50. The van der Waals surface area contributed by atoms with Crippen molar-refractivity contribution in [2.24, 2.45) is 17.6 Å². The third-order valence-electron chi connectivity index (χ3n) is 4.29. The molecular formula is C15H29N3O2. The van der Waals surface area contributed by atoms with Gasteiger partial charge in [-0.05, 0) is 52.5 Å². The van der Waals surface area contributed by atoms with Crippen molar-refractivity contribution in [2.75, 3.05) is 19.6 Å². The third-order valence-corrected chi connectivity index (χ3v) is 4.29. The first-order valence-electron chi connectivity index (χ1n) is 7.82. The van der Waals surface area contributed by atoms with Gasteiger partial charge in [0, 0.05) is 19.0 Å². The van der Waals surface area contributed by atoms with Crippen molar-refractivity contribution in [3.05, 3.63) is 0 Å². The van der Waals surface area contributed by atoms with Crippen molar-refractivity contribution in [1.29, 1.82) is 0 Å². The van der Waals surface area contributed by atoms with E-state index in [1.165, 1.54) is 0 Å². The quantitative estimate of drug-likeness (QED) is 0.767. The minimum atomic E-state index is -0.444. The lowest BCUT2D eigenvalue weighted by Crippen LogP contribution is -2.49. The number of likely N-dealkylation sites (N-methyl/N-ethyl adjacent to an activating group) is 1. The molecule has 0 spiro atoms. The van der Waals surface area contributed by atoms with Crippen LogP contribution >= 0.6 is 0 Å². The van der Waals surface area contributed by atoms with E-state index in [9.17, 15) is 9.59 Å². The standard InChI is InChI=1S/C15H29N3O2/c1-4-18(5-2)15(20)11(3)17-14(19)13-8-6-7-12(9-13)10-16/h11-13H,4-10,16H2,1-3H3,(H,17,19). The molecule has 1 aliphatic carbocycles. The number of rotatable bonds is 6. The van der Waals surface area contributed by atoms with E-state index in [-0.39, 0.29) is 17.7 Å². The van der Waals surface area contributed by atoms with Crippen LogP contribution in [0.5, 0.6) is 0 Å². The van der Waals surface area contributed by atoms with Crippen LogP contribution in [-0.2, 0) is 9.59 Å². The predicted molar refractivity (Wildman–Crippen MR) is 80.0 cm³/mol. The van der Waals surface area contributed by atoms with E-state index in [1.54, 1.807) is 11.8 Å². The summed E-state index contributed by atoms with van der Waals surface area (Å²) in [5.74, 6) is 0.475. The molecule has 116 valence electrons. The zero-order valence-electron chi connectivity index (χ0n) is 13.0. The molecular weight excluding hydrogens is 254 g/mol. The van der Waals surface area contributed by atoms with E-state index in [4.69, 9.17) is 5.73 Å². The average Bonchev–Trinajstić information content (AvgIpc) is 2.48. The summed E-state index contributed by atoms with van der Waals surface area (Å²) in [6.07, 6.45) is 3.94. The molecule has 0 aromatic carbocycles. The molecule has 1 rings (SSSR count). The van der Waals surface area contributed by atoms with Crippen LogP contribution in [0.3, 0.4) is 0 Å². The highest BCUT2D eigenvalue weighted by molar-refractivity contribution is 5.88. The molecule has 3 N–H and O–H groups in total. The van der Waals surface area contributed by atoms with E-state index < -0.39 is 6.04 Å². The van der Waals surface area contributed by atoms with Crippen molar-refractivity contribution in [3.8, 4) is 0 Å². The van der Waals surface area contributed by atoms with E-state index in [0.717, 1.165) is 25.7 Å². The molecule has 0 aromatic heterocycles. The molecule has 0 aromatic rings. The number of nitrogens with one attached hydrogen (secondary N) is 1. The van der Waals surface area contributed by atoms with Crippen LogP contribution in [0.2, 0.25) is 0 Å². The minimum absolute atomic E-state index is 0.00506. The summed E-state index contributed by atoms with van der Waals surface area (Å²) in [6.45, 7) is 7.66. The van der Waals surface area contributed by atoms with Gasteiger partial charge in [0.25, 0.3) is 0 Å². The van der Waals surface area contributed by atoms with Gasteiger partial charge in [0.05, 0.1) is 0 Å². The van der Waals surface area contributed by atoms with E-state index in [1.807, 2.05) is 13.8 Å². The Morgan fingerprint density at radius 2 is 1.95 bits per heavy atom. The first-order chi connectivity index (χ1) is 9.53.